The predicted octanol–water partition coefficient (Wildman–Crippen LogP) is 5.36. The van der Waals surface area contributed by atoms with Gasteiger partial charge in [0.05, 0.1) is 0 Å². The molecule has 0 unspecified atom stereocenters. The van der Waals surface area contributed by atoms with Crippen molar-refractivity contribution in [2.24, 2.45) is 4.99 Å². The molecule has 3 N–H and O–H groups in total. The fourth-order valence-corrected chi connectivity index (χ4v) is 3.98. The molecule has 3 aromatic rings. The van der Waals surface area contributed by atoms with Crippen molar-refractivity contribution in [1.82, 2.24) is 10.3 Å². The summed E-state index contributed by atoms with van der Waals surface area (Å²) in [7, 11) is -4.79. The summed E-state index contributed by atoms with van der Waals surface area (Å²) in [6.45, 7) is 0. The average Bonchev–Trinajstić information content (AvgIpc) is 2.71. The molecule has 2 aromatic carbocycles. The van der Waals surface area contributed by atoms with Crippen LogP contribution >= 0.6 is 23.2 Å². The van der Waals surface area contributed by atoms with E-state index in [1.807, 2.05) is 0 Å². The minimum Gasteiger partial charge on any atom is -0.325 e. The standard InChI is InChI=1S/C21H15Cl2F4N5O3S/c22-13-6-4-12(5-7-13)19(33)31-20(28-16-9-14(23)8-15(24)10-16)30-17-2-1-3-18(29-17)32-36(34,35)11-21(25,26)27/h1-10H,11H2,(H3,28,29,30,31,32,33). The third-order valence-electron chi connectivity index (χ3n) is 4.04. The number of anilines is 2. The Labute approximate surface area is 212 Å². The van der Waals surface area contributed by atoms with Crippen molar-refractivity contribution >= 4 is 62.4 Å². The number of aromatic nitrogens is 1. The molecule has 8 nitrogen and oxygen atoms in total. The van der Waals surface area contributed by atoms with Gasteiger partial charge >= 0.3 is 6.18 Å². The van der Waals surface area contributed by atoms with E-state index in [4.69, 9.17) is 23.2 Å². The SMILES string of the molecule is O=C(NC(=Nc1cccc(NS(=O)(=O)CC(F)(F)F)n1)Nc1cc(F)cc(Cl)c1)c1ccc(Cl)cc1. The van der Waals surface area contributed by atoms with Gasteiger partial charge in [-0.05, 0) is 54.6 Å². The van der Waals surface area contributed by atoms with Crippen LogP contribution in [0.3, 0.4) is 0 Å². The van der Waals surface area contributed by atoms with Crippen LogP contribution in [0.25, 0.3) is 0 Å². The maximum Gasteiger partial charge on any atom is 0.404 e. The van der Waals surface area contributed by atoms with Crippen LogP contribution in [0.1, 0.15) is 10.4 Å². The van der Waals surface area contributed by atoms with E-state index in [9.17, 15) is 30.8 Å². The Morgan fingerprint density at radius 2 is 1.69 bits per heavy atom. The van der Waals surface area contributed by atoms with Gasteiger partial charge < -0.3 is 5.32 Å². The molecule has 0 saturated heterocycles. The number of benzene rings is 2. The molecule has 0 bridgehead atoms. The molecule has 1 heterocycles. The number of alkyl halides is 3. The number of rotatable bonds is 6. The molecule has 0 saturated carbocycles. The van der Waals surface area contributed by atoms with Crippen molar-refractivity contribution in [3.05, 3.63) is 82.1 Å². The number of hydrogen-bond acceptors (Lipinski definition) is 5. The number of carbonyl (C=O) groups is 1. The molecule has 1 aromatic heterocycles. The number of aliphatic imine (C=N–C) groups is 1. The Kier molecular flexibility index (Phi) is 8.38. The van der Waals surface area contributed by atoms with Crippen LogP contribution in [-0.4, -0.2) is 37.2 Å². The van der Waals surface area contributed by atoms with E-state index in [-0.39, 0.29) is 28.1 Å². The van der Waals surface area contributed by atoms with Gasteiger partial charge in [0.2, 0.25) is 16.0 Å². The lowest BCUT2D eigenvalue weighted by Gasteiger charge is -2.13. The Bertz CT molecular complexity index is 1380. The molecule has 1 amide bonds. The summed E-state index contributed by atoms with van der Waals surface area (Å²) in [4.78, 5) is 20.6. The largest absolute Gasteiger partial charge is 0.404 e. The Balaban J connectivity index is 1.92. The molecule has 3 rings (SSSR count). The first kappa shape index (κ1) is 27.2. The first-order chi connectivity index (χ1) is 16.8. The van der Waals surface area contributed by atoms with Gasteiger partial charge in [0.25, 0.3) is 5.91 Å². The zero-order chi connectivity index (χ0) is 26.5. The second-order valence-corrected chi connectivity index (χ2v) is 9.66. The topological polar surface area (TPSA) is 113 Å². The first-order valence-corrected chi connectivity index (χ1v) is 12.1. The quantitative estimate of drug-likeness (QED) is 0.212. The fourth-order valence-electron chi connectivity index (χ4n) is 2.70. The van der Waals surface area contributed by atoms with Crippen LogP contribution in [0.5, 0.6) is 0 Å². The Hall–Kier alpha value is -3.42. The van der Waals surface area contributed by atoms with Crippen molar-refractivity contribution in [3.8, 4) is 0 Å². The van der Waals surface area contributed by atoms with Crippen LogP contribution in [0, 0.1) is 5.82 Å². The van der Waals surface area contributed by atoms with Gasteiger partial charge in [0.15, 0.2) is 11.6 Å². The summed E-state index contributed by atoms with van der Waals surface area (Å²) < 4.78 is 76.5. The van der Waals surface area contributed by atoms with Crippen LogP contribution in [0.4, 0.5) is 34.9 Å². The van der Waals surface area contributed by atoms with Crippen molar-refractivity contribution in [2.75, 3.05) is 15.8 Å². The third-order valence-corrected chi connectivity index (χ3v) is 5.74. The van der Waals surface area contributed by atoms with Gasteiger partial charge in [-0.3, -0.25) is 14.8 Å². The van der Waals surface area contributed by atoms with E-state index in [2.05, 4.69) is 20.6 Å². The van der Waals surface area contributed by atoms with E-state index in [1.54, 1.807) is 4.72 Å². The molecule has 0 aliphatic heterocycles. The number of nitrogens with one attached hydrogen (secondary N) is 3. The number of sulfonamides is 1. The maximum atomic E-state index is 13.8. The van der Waals surface area contributed by atoms with Crippen molar-refractivity contribution < 1.29 is 30.8 Å². The van der Waals surface area contributed by atoms with E-state index in [1.165, 1.54) is 42.5 Å². The highest BCUT2D eigenvalue weighted by molar-refractivity contribution is 7.92. The smallest absolute Gasteiger partial charge is 0.325 e. The van der Waals surface area contributed by atoms with Crippen molar-refractivity contribution in [1.29, 1.82) is 0 Å². The zero-order valence-corrected chi connectivity index (χ0v) is 20.1. The lowest BCUT2D eigenvalue weighted by Crippen LogP contribution is -2.35. The lowest BCUT2D eigenvalue weighted by atomic mass is 10.2. The van der Waals surface area contributed by atoms with Gasteiger partial charge in [0, 0.05) is 21.3 Å². The van der Waals surface area contributed by atoms with Crippen molar-refractivity contribution in [3.63, 3.8) is 0 Å². The van der Waals surface area contributed by atoms with Gasteiger partial charge in [-0.15, -0.1) is 0 Å². The molecule has 0 aliphatic rings. The molecule has 36 heavy (non-hydrogen) atoms. The van der Waals surface area contributed by atoms with E-state index in [0.717, 1.165) is 18.2 Å². The third kappa shape index (κ3) is 8.66. The van der Waals surface area contributed by atoms with Crippen molar-refractivity contribution in [2.45, 2.75) is 6.18 Å². The van der Waals surface area contributed by atoms with Gasteiger partial charge in [-0.25, -0.2) is 17.8 Å². The van der Waals surface area contributed by atoms with Gasteiger partial charge in [-0.2, -0.15) is 18.2 Å². The molecule has 0 atom stereocenters. The van der Waals surface area contributed by atoms with Crippen LogP contribution in [-0.2, 0) is 10.0 Å². The number of pyridine rings is 1. The van der Waals surface area contributed by atoms with Crippen LogP contribution < -0.4 is 15.4 Å². The Morgan fingerprint density at radius 3 is 2.33 bits per heavy atom. The molecular formula is C21H15Cl2F4N5O3S. The van der Waals surface area contributed by atoms with E-state index < -0.39 is 39.5 Å². The summed E-state index contributed by atoms with van der Waals surface area (Å²) in [6.07, 6.45) is -4.96. The number of guanidine groups is 1. The highest BCUT2D eigenvalue weighted by Gasteiger charge is 2.35. The maximum absolute atomic E-state index is 13.8. The second kappa shape index (κ2) is 11.1. The summed E-state index contributed by atoms with van der Waals surface area (Å²) >= 11 is 11.7. The average molecular weight is 564 g/mol. The molecule has 0 aliphatic carbocycles. The lowest BCUT2D eigenvalue weighted by molar-refractivity contribution is -0.106. The summed E-state index contributed by atoms with van der Waals surface area (Å²) in [5.41, 5.74) is 0.282. The number of amides is 1. The molecule has 0 spiro atoms. The number of carbonyl (C=O) groups excluding carboxylic acids is 1. The summed E-state index contributed by atoms with van der Waals surface area (Å²) in [5.74, 6) is -4.38. The zero-order valence-electron chi connectivity index (χ0n) is 17.8. The van der Waals surface area contributed by atoms with E-state index >= 15 is 0 Å². The minimum absolute atomic E-state index is 0.0417. The molecule has 0 radical (unpaired) electrons. The monoisotopic (exact) mass is 563 g/mol. The van der Waals surface area contributed by atoms with E-state index in [0.29, 0.717) is 5.02 Å². The predicted molar refractivity (Wildman–Crippen MR) is 129 cm³/mol. The van der Waals surface area contributed by atoms with Gasteiger partial charge in [0.1, 0.15) is 11.6 Å². The second-order valence-electron chi connectivity index (χ2n) is 7.06. The molecule has 15 heteroatoms. The van der Waals surface area contributed by atoms with Crippen LogP contribution in [0.15, 0.2) is 65.7 Å². The van der Waals surface area contributed by atoms with Gasteiger partial charge in [-0.1, -0.05) is 29.3 Å². The van der Waals surface area contributed by atoms with Crippen LogP contribution in [0.2, 0.25) is 10.0 Å². The molecular weight excluding hydrogens is 549 g/mol. The highest BCUT2D eigenvalue weighted by Crippen LogP contribution is 2.21. The number of halogens is 6. The fraction of sp³-hybridized carbons (Fsp3) is 0.0952. The minimum atomic E-state index is -4.96. The molecule has 190 valence electrons. The first-order valence-electron chi connectivity index (χ1n) is 9.71. The number of hydrogen-bond donors (Lipinski definition) is 3. The number of nitrogens with zero attached hydrogens (tertiary/aromatic N) is 2. The normalized spacial score (nSPS) is 12.2. The molecule has 0 fully saturated rings. The summed E-state index contributed by atoms with van der Waals surface area (Å²) in [5, 5.41) is 5.54. The highest BCUT2D eigenvalue weighted by atomic mass is 35.5. The summed E-state index contributed by atoms with van der Waals surface area (Å²) in [6, 6.07) is 12.9. The Morgan fingerprint density at radius 1 is 1.00 bits per heavy atom.